The van der Waals surface area contributed by atoms with Crippen LogP contribution < -0.4 is 33.4 Å². The van der Waals surface area contributed by atoms with E-state index in [0.717, 1.165) is 35.8 Å². The average molecular weight is 345 g/mol. The summed E-state index contributed by atoms with van der Waals surface area (Å²) in [5.41, 5.74) is 1.03. The molecule has 2 aromatic rings. The number of nitrogens with zero attached hydrogens (tertiary/aromatic N) is 3. The van der Waals surface area contributed by atoms with Crippen molar-refractivity contribution in [2.75, 3.05) is 37.0 Å². The summed E-state index contributed by atoms with van der Waals surface area (Å²) in [7, 11) is -0.853. The fraction of sp³-hybridized carbons (Fsp3) is 0.429. The zero-order valence-corrected chi connectivity index (χ0v) is 14.3. The second-order valence-corrected chi connectivity index (χ2v) is 5.63. The Balaban J connectivity index is 0.000000463. The summed E-state index contributed by atoms with van der Waals surface area (Å²) in [6.07, 6.45) is 0. The number of anilines is 2. The second-order valence-electron chi connectivity index (χ2n) is 4.87. The van der Waals surface area contributed by atoms with Gasteiger partial charge in [0, 0.05) is 14.1 Å². The summed E-state index contributed by atoms with van der Waals surface area (Å²) in [6.45, 7) is 6.18. The van der Waals surface area contributed by atoms with Crippen LogP contribution >= 0.6 is 0 Å². The van der Waals surface area contributed by atoms with Gasteiger partial charge in [0.25, 0.3) is 0 Å². The number of hydrogen-bond acceptors (Lipinski definition) is 7. The van der Waals surface area contributed by atoms with E-state index < -0.39 is 10.2 Å². The highest BCUT2D eigenvalue weighted by molar-refractivity contribution is 5.88. The molecule has 0 bridgehead atoms. The van der Waals surface area contributed by atoms with E-state index in [2.05, 4.69) is 40.8 Å². The van der Waals surface area contributed by atoms with E-state index in [9.17, 15) is 0 Å². The van der Waals surface area contributed by atoms with Crippen molar-refractivity contribution >= 4 is 22.7 Å². The average Bonchev–Trinajstić information content (AvgIpc) is 2.46. The summed E-state index contributed by atoms with van der Waals surface area (Å²) >= 11 is 0. The number of para-hydroxylation sites is 1. The molecular weight excluding hydrogens is 324 g/mol. The molecule has 8 nitrogen and oxygen atoms in total. The van der Waals surface area contributed by atoms with Crippen molar-refractivity contribution in [3.63, 3.8) is 0 Å². The Kier molecular flexibility index (Phi) is 6.92. The third-order valence-corrected chi connectivity index (χ3v) is 3.13. The maximum atomic E-state index is 8.49. The van der Waals surface area contributed by atoms with E-state index in [1.165, 1.54) is 0 Å². The maximum absolute atomic E-state index is 8.49. The van der Waals surface area contributed by atoms with Crippen molar-refractivity contribution in [1.29, 1.82) is 0 Å². The molecule has 0 fully saturated rings. The first-order chi connectivity index (χ1) is 10.7. The molecule has 1 N–H and O–H groups in total. The lowest BCUT2D eigenvalue weighted by Gasteiger charge is -2.17. The van der Waals surface area contributed by atoms with Gasteiger partial charge in [-0.1, -0.05) is 12.1 Å². The second kappa shape index (κ2) is 8.23. The minimum Gasteiger partial charge on any atom is -0.313 e. The van der Waals surface area contributed by atoms with Crippen molar-refractivity contribution < 1.29 is 33.9 Å². The van der Waals surface area contributed by atoms with E-state index in [1.807, 2.05) is 26.2 Å². The minimum atomic E-state index is -4.94. The zero-order chi connectivity index (χ0) is 17.6. The molecule has 0 spiro atoms. The van der Waals surface area contributed by atoms with Crippen molar-refractivity contribution in [2.45, 2.75) is 13.8 Å². The molecule has 23 heavy (non-hydrogen) atoms. The van der Waals surface area contributed by atoms with E-state index in [-0.39, 0.29) is 0 Å². The molecule has 0 amide bonds. The van der Waals surface area contributed by atoms with E-state index >= 15 is 0 Å². The Labute approximate surface area is 137 Å². The SMILES string of the molecule is CCN(CC)c1nc2ccccc2c(N(C)C)[nH+]1.[O-][Cl+3]([O-])([O-])[O-]. The summed E-state index contributed by atoms with van der Waals surface area (Å²) in [5, 5.41) is 1.15. The third-order valence-electron chi connectivity index (χ3n) is 3.13. The number of hydrogen-bond donors (Lipinski definition) is 0. The normalized spacial score (nSPS) is 11.0. The lowest BCUT2D eigenvalue weighted by molar-refractivity contribution is -2.00. The highest BCUT2D eigenvalue weighted by atomic mass is 35.7. The Morgan fingerprint density at radius 3 is 2.04 bits per heavy atom. The number of fused-ring (bicyclic) bond motifs is 1. The first kappa shape index (κ1) is 19.3. The number of nitrogens with one attached hydrogen (secondary N) is 1. The van der Waals surface area contributed by atoms with Crippen LogP contribution in [0.2, 0.25) is 0 Å². The standard InChI is InChI=1S/C14H20N4.ClHO4/c1-5-18(6-2)14-15-12-10-8-7-9-11(12)13(16-14)17(3)4;2-1(3,4)5/h7-10H,5-6H2,1-4H3;(H,2,3,4,5). The van der Waals surface area contributed by atoms with E-state index in [1.54, 1.807) is 0 Å². The first-order valence-corrected chi connectivity index (χ1v) is 8.26. The summed E-state index contributed by atoms with van der Waals surface area (Å²) in [4.78, 5) is 12.4. The number of benzene rings is 1. The van der Waals surface area contributed by atoms with Crippen LogP contribution in [0.1, 0.15) is 13.8 Å². The van der Waals surface area contributed by atoms with Crippen LogP contribution in [-0.2, 0) is 0 Å². The molecule has 9 heteroatoms. The summed E-state index contributed by atoms with van der Waals surface area (Å²) in [5.74, 6) is 2.03. The molecule has 0 saturated carbocycles. The van der Waals surface area contributed by atoms with Crippen LogP contribution in [0.4, 0.5) is 11.8 Å². The first-order valence-electron chi connectivity index (χ1n) is 7.03. The summed E-state index contributed by atoms with van der Waals surface area (Å²) < 4.78 is 34.0. The van der Waals surface area contributed by atoms with Crippen molar-refractivity contribution in [3.05, 3.63) is 24.3 Å². The minimum absolute atomic E-state index is 0.933. The Morgan fingerprint density at radius 1 is 1.04 bits per heavy atom. The highest BCUT2D eigenvalue weighted by Gasteiger charge is 2.17. The van der Waals surface area contributed by atoms with Gasteiger partial charge in [-0.2, -0.15) is 0 Å². The lowest BCUT2D eigenvalue weighted by Crippen LogP contribution is -2.68. The fourth-order valence-electron chi connectivity index (χ4n) is 2.11. The van der Waals surface area contributed by atoms with Crippen LogP contribution in [0.5, 0.6) is 0 Å². The van der Waals surface area contributed by atoms with Crippen LogP contribution in [0, 0.1) is 10.2 Å². The number of halogens is 1. The van der Waals surface area contributed by atoms with Gasteiger partial charge in [-0.25, -0.2) is 23.6 Å². The van der Waals surface area contributed by atoms with Crippen molar-refractivity contribution in [3.8, 4) is 0 Å². The molecule has 1 aromatic heterocycles. The van der Waals surface area contributed by atoms with Gasteiger partial charge < -0.3 is 4.90 Å². The number of aromatic amines is 1. The molecule has 0 aliphatic heterocycles. The molecule has 0 aliphatic rings. The molecule has 128 valence electrons. The zero-order valence-electron chi connectivity index (χ0n) is 13.6. The highest BCUT2D eigenvalue weighted by Crippen LogP contribution is 2.21. The van der Waals surface area contributed by atoms with Crippen molar-refractivity contribution in [1.82, 2.24) is 4.98 Å². The van der Waals surface area contributed by atoms with Crippen LogP contribution in [0.3, 0.4) is 0 Å². The van der Waals surface area contributed by atoms with Gasteiger partial charge in [0.15, 0.2) is 0 Å². The molecule has 2 rings (SSSR count). The molecule has 0 atom stereocenters. The lowest BCUT2D eigenvalue weighted by atomic mass is 10.2. The Bertz CT molecular complexity index is 624. The maximum Gasteiger partial charge on any atom is 0.347 e. The monoisotopic (exact) mass is 344 g/mol. The predicted octanol–water partition coefficient (Wildman–Crippen LogP) is -2.79. The molecule has 1 aromatic carbocycles. The van der Waals surface area contributed by atoms with Crippen molar-refractivity contribution in [2.24, 2.45) is 0 Å². The predicted molar refractivity (Wildman–Crippen MR) is 76.2 cm³/mol. The number of H-pyrrole nitrogens is 1. The molecule has 0 aliphatic carbocycles. The quantitative estimate of drug-likeness (QED) is 0.586. The van der Waals surface area contributed by atoms with Crippen LogP contribution in [0.25, 0.3) is 10.9 Å². The summed E-state index contributed by atoms with van der Waals surface area (Å²) in [6, 6.07) is 8.23. The van der Waals surface area contributed by atoms with Crippen LogP contribution in [-0.4, -0.2) is 32.2 Å². The van der Waals surface area contributed by atoms with Gasteiger partial charge in [-0.15, -0.1) is 15.2 Å². The van der Waals surface area contributed by atoms with E-state index in [0.29, 0.717) is 0 Å². The fourth-order valence-corrected chi connectivity index (χ4v) is 2.11. The van der Waals surface area contributed by atoms with Gasteiger partial charge in [-0.3, -0.25) is 4.90 Å². The Hall–Kier alpha value is -1.71. The van der Waals surface area contributed by atoms with Crippen LogP contribution in [0.15, 0.2) is 24.3 Å². The van der Waals surface area contributed by atoms with Gasteiger partial charge in [0.05, 0.1) is 18.5 Å². The molecule has 0 radical (unpaired) electrons. The largest absolute Gasteiger partial charge is 0.347 e. The number of rotatable bonds is 4. The van der Waals surface area contributed by atoms with Gasteiger partial charge in [-0.05, 0) is 26.0 Å². The van der Waals surface area contributed by atoms with E-state index in [4.69, 9.17) is 23.6 Å². The molecule has 0 unspecified atom stereocenters. The molecular formula is C14H21ClN4O4. The van der Waals surface area contributed by atoms with Gasteiger partial charge >= 0.3 is 5.95 Å². The Morgan fingerprint density at radius 2 is 1.57 bits per heavy atom. The third kappa shape index (κ3) is 6.12. The van der Waals surface area contributed by atoms with Gasteiger partial charge in [0.2, 0.25) is 5.82 Å². The number of aromatic nitrogens is 2. The smallest absolute Gasteiger partial charge is 0.313 e. The molecule has 0 saturated heterocycles. The van der Waals surface area contributed by atoms with Gasteiger partial charge in [0.1, 0.15) is 5.52 Å². The molecule has 1 heterocycles. The topological polar surface area (TPSA) is 126 Å².